The van der Waals surface area contributed by atoms with Gasteiger partial charge in [0.15, 0.2) is 0 Å². The minimum Gasteiger partial charge on any atom is -0.477 e. The average molecular weight is 325 g/mol. The molecule has 1 unspecified atom stereocenters. The number of nitrogens with zero attached hydrogens (tertiary/aromatic N) is 2. The van der Waals surface area contributed by atoms with Gasteiger partial charge in [-0.3, -0.25) is 4.79 Å². The molecular formula is C14H13F2N3O4. The van der Waals surface area contributed by atoms with E-state index in [0.717, 1.165) is 4.68 Å². The normalized spacial score (nSPS) is 12.0. The number of rotatable bonds is 6. The van der Waals surface area contributed by atoms with Crippen molar-refractivity contribution in [3.63, 3.8) is 0 Å². The first-order valence-electron chi connectivity index (χ1n) is 6.51. The molecule has 23 heavy (non-hydrogen) atoms. The minimum atomic E-state index is -3.03. The number of alkyl halides is 2. The summed E-state index contributed by atoms with van der Waals surface area (Å²) in [5, 5.41) is 15.2. The standard InChI is InChI=1S/C14H13F2N3O4/c1-8(19-10(13(21)22)6-7-17-19)12(20)18-9-4-2-3-5-11(9)23-14(15)16/h2-8,14H,1H3,(H,18,20)(H,21,22). The van der Waals surface area contributed by atoms with Crippen molar-refractivity contribution in [1.82, 2.24) is 9.78 Å². The van der Waals surface area contributed by atoms with Gasteiger partial charge < -0.3 is 15.2 Å². The number of benzene rings is 1. The van der Waals surface area contributed by atoms with Gasteiger partial charge >= 0.3 is 12.6 Å². The van der Waals surface area contributed by atoms with Gasteiger partial charge in [0.2, 0.25) is 5.91 Å². The largest absolute Gasteiger partial charge is 0.477 e. The highest BCUT2D eigenvalue weighted by Gasteiger charge is 2.22. The van der Waals surface area contributed by atoms with Gasteiger partial charge in [0.1, 0.15) is 17.5 Å². The van der Waals surface area contributed by atoms with Crippen molar-refractivity contribution in [2.24, 2.45) is 0 Å². The Balaban J connectivity index is 2.19. The lowest BCUT2D eigenvalue weighted by atomic mass is 10.2. The monoisotopic (exact) mass is 325 g/mol. The van der Waals surface area contributed by atoms with E-state index in [-0.39, 0.29) is 17.1 Å². The molecule has 1 amide bonds. The van der Waals surface area contributed by atoms with Gasteiger partial charge in [0.25, 0.3) is 0 Å². The molecule has 0 radical (unpaired) electrons. The van der Waals surface area contributed by atoms with Crippen LogP contribution in [0, 0.1) is 0 Å². The summed E-state index contributed by atoms with van der Waals surface area (Å²) in [4.78, 5) is 23.3. The number of hydrogen-bond donors (Lipinski definition) is 2. The highest BCUT2D eigenvalue weighted by molar-refractivity contribution is 5.95. The summed E-state index contributed by atoms with van der Waals surface area (Å²) < 4.78 is 30.0. The number of carboxylic acids is 1. The molecular weight excluding hydrogens is 312 g/mol. The lowest BCUT2D eigenvalue weighted by Crippen LogP contribution is -2.27. The van der Waals surface area contributed by atoms with Crippen LogP contribution in [-0.2, 0) is 4.79 Å². The van der Waals surface area contributed by atoms with Crippen molar-refractivity contribution in [2.75, 3.05) is 5.32 Å². The van der Waals surface area contributed by atoms with Crippen LogP contribution in [-0.4, -0.2) is 33.4 Å². The summed E-state index contributed by atoms with van der Waals surface area (Å²) in [7, 11) is 0. The Morgan fingerprint density at radius 2 is 2.00 bits per heavy atom. The molecule has 0 aliphatic heterocycles. The number of hydrogen-bond acceptors (Lipinski definition) is 4. The zero-order valence-corrected chi connectivity index (χ0v) is 11.9. The highest BCUT2D eigenvalue weighted by Crippen LogP contribution is 2.26. The molecule has 0 aliphatic carbocycles. The van der Waals surface area contributed by atoms with Gasteiger partial charge in [0.05, 0.1) is 5.69 Å². The van der Waals surface area contributed by atoms with E-state index >= 15 is 0 Å². The highest BCUT2D eigenvalue weighted by atomic mass is 19.3. The number of carboxylic acid groups (broad SMARTS) is 1. The zero-order valence-electron chi connectivity index (χ0n) is 11.9. The van der Waals surface area contributed by atoms with Crippen molar-refractivity contribution < 1.29 is 28.2 Å². The Morgan fingerprint density at radius 1 is 1.30 bits per heavy atom. The van der Waals surface area contributed by atoms with Gasteiger partial charge in [-0.05, 0) is 25.1 Å². The van der Waals surface area contributed by atoms with Crippen LogP contribution in [0.4, 0.5) is 14.5 Å². The fraction of sp³-hybridized carbons (Fsp3) is 0.214. The summed E-state index contributed by atoms with van der Waals surface area (Å²) in [6, 6.07) is 5.98. The minimum absolute atomic E-state index is 0.0497. The first kappa shape index (κ1) is 16.4. The third-order valence-corrected chi connectivity index (χ3v) is 3.00. The Kier molecular flexibility index (Phi) is 4.89. The number of amides is 1. The smallest absolute Gasteiger partial charge is 0.387 e. The third kappa shape index (κ3) is 3.82. The summed E-state index contributed by atoms with van der Waals surface area (Å²) >= 11 is 0. The van der Waals surface area contributed by atoms with Crippen LogP contribution in [0.15, 0.2) is 36.5 Å². The van der Waals surface area contributed by atoms with Crippen LogP contribution in [0.2, 0.25) is 0 Å². The van der Waals surface area contributed by atoms with Crippen LogP contribution in [0.1, 0.15) is 23.5 Å². The van der Waals surface area contributed by atoms with Crippen LogP contribution in [0.5, 0.6) is 5.75 Å². The first-order valence-corrected chi connectivity index (χ1v) is 6.51. The van der Waals surface area contributed by atoms with Crippen molar-refractivity contribution in [3.05, 3.63) is 42.2 Å². The second-order valence-electron chi connectivity index (χ2n) is 4.51. The number of aromatic carboxylic acids is 1. The van der Waals surface area contributed by atoms with E-state index in [2.05, 4.69) is 15.2 Å². The van der Waals surface area contributed by atoms with Crippen molar-refractivity contribution in [1.29, 1.82) is 0 Å². The van der Waals surface area contributed by atoms with Gasteiger partial charge in [-0.1, -0.05) is 12.1 Å². The molecule has 0 saturated carbocycles. The van der Waals surface area contributed by atoms with Crippen LogP contribution in [0.25, 0.3) is 0 Å². The van der Waals surface area contributed by atoms with E-state index in [4.69, 9.17) is 5.11 Å². The van der Waals surface area contributed by atoms with Gasteiger partial charge in [-0.25, -0.2) is 9.48 Å². The molecule has 0 bridgehead atoms. The molecule has 9 heteroatoms. The van der Waals surface area contributed by atoms with Gasteiger partial charge in [-0.15, -0.1) is 0 Å². The number of ether oxygens (including phenoxy) is 1. The van der Waals surface area contributed by atoms with Crippen LogP contribution in [0.3, 0.4) is 0 Å². The molecule has 1 aromatic heterocycles. The molecule has 0 fully saturated rings. The molecule has 0 aliphatic rings. The molecule has 1 heterocycles. The van der Waals surface area contributed by atoms with E-state index in [1.807, 2.05) is 0 Å². The number of carbonyl (C=O) groups excluding carboxylic acids is 1. The predicted molar refractivity (Wildman–Crippen MR) is 75.6 cm³/mol. The first-order chi connectivity index (χ1) is 10.9. The van der Waals surface area contributed by atoms with Gasteiger partial charge in [0, 0.05) is 6.20 Å². The van der Waals surface area contributed by atoms with Gasteiger partial charge in [-0.2, -0.15) is 13.9 Å². The molecule has 7 nitrogen and oxygen atoms in total. The maximum absolute atomic E-state index is 12.3. The maximum atomic E-state index is 12.3. The maximum Gasteiger partial charge on any atom is 0.387 e. The quantitative estimate of drug-likeness (QED) is 0.850. The number of para-hydroxylation sites is 2. The Labute approximate surface area is 129 Å². The summed E-state index contributed by atoms with van der Waals surface area (Å²) in [5.74, 6) is -2.05. The topological polar surface area (TPSA) is 93.5 Å². The van der Waals surface area contributed by atoms with Crippen LogP contribution < -0.4 is 10.1 Å². The van der Waals surface area contributed by atoms with E-state index in [1.54, 1.807) is 0 Å². The van der Waals surface area contributed by atoms with E-state index in [9.17, 15) is 18.4 Å². The van der Waals surface area contributed by atoms with E-state index in [0.29, 0.717) is 0 Å². The second-order valence-corrected chi connectivity index (χ2v) is 4.51. The molecule has 0 saturated heterocycles. The Morgan fingerprint density at radius 3 is 2.65 bits per heavy atom. The number of aromatic nitrogens is 2. The average Bonchev–Trinajstić information content (AvgIpc) is 2.97. The zero-order chi connectivity index (χ0) is 17.0. The second kappa shape index (κ2) is 6.86. The number of nitrogens with one attached hydrogen (secondary N) is 1. The lowest BCUT2D eigenvalue weighted by molar-refractivity contribution is -0.119. The third-order valence-electron chi connectivity index (χ3n) is 3.00. The van der Waals surface area contributed by atoms with Crippen molar-refractivity contribution in [2.45, 2.75) is 19.6 Å². The molecule has 2 rings (SSSR count). The lowest BCUT2D eigenvalue weighted by Gasteiger charge is -2.16. The van der Waals surface area contributed by atoms with Crippen molar-refractivity contribution in [3.8, 4) is 5.75 Å². The summed E-state index contributed by atoms with van der Waals surface area (Å²) in [6.45, 7) is -1.60. The van der Waals surface area contributed by atoms with Crippen LogP contribution >= 0.6 is 0 Å². The number of carbonyl (C=O) groups is 2. The summed E-state index contributed by atoms with van der Waals surface area (Å²) in [6.07, 6.45) is 1.25. The molecule has 2 N–H and O–H groups in total. The molecule has 1 atom stereocenters. The van der Waals surface area contributed by atoms with E-state index in [1.165, 1.54) is 43.5 Å². The molecule has 0 spiro atoms. The molecule has 122 valence electrons. The number of anilines is 1. The summed E-state index contributed by atoms with van der Waals surface area (Å²) in [5.41, 5.74) is -0.113. The van der Waals surface area contributed by atoms with E-state index < -0.39 is 24.5 Å². The van der Waals surface area contributed by atoms with Crippen molar-refractivity contribution >= 4 is 17.6 Å². The Bertz CT molecular complexity index is 718. The SMILES string of the molecule is CC(C(=O)Nc1ccccc1OC(F)F)n1nccc1C(=O)O. The number of halogens is 2. The fourth-order valence-corrected chi connectivity index (χ4v) is 1.91. The molecule has 1 aromatic carbocycles. The predicted octanol–water partition coefficient (Wildman–Crippen LogP) is 2.38. The Hall–Kier alpha value is -2.97. The molecule has 2 aromatic rings. The fourth-order valence-electron chi connectivity index (χ4n) is 1.91.